The van der Waals surface area contributed by atoms with E-state index in [9.17, 15) is 14.7 Å². The number of carbonyl (C=O) groups is 2. The van der Waals surface area contributed by atoms with Gasteiger partial charge in [0.05, 0.1) is 7.11 Å². The van der Waals surface area contributed by atoms with Crippen LogP contribution in [0.15, 0.2) is 16.7 Å². The fourth-order valence-corrected chi connectivity index (χ4v) is 2.18. The number of carbonyl (C=O) groups excluding carboxylic acids is 2. The Morgan fingerprint density at radius 3 is 2.00 bits per heavy atom. The van der Waals surface area contributed by atoms with Crippen molar-refractivity contribution in [1.82, 2.24) is 5.16 Å². The highest BCUT2D eigenvalue weighted by atomic mass is 16.6. The molecule has 2 rings (SSSR count). The number of phenolic OH excluding ortho intramolecular Hbond substituents is 1. The summed E-state index contributed by atoms with van der Waals surface area (Å²) in [5, 5.41) is 13.8. The highest BCUT2D eigenvalue weighted by molar-refractivity contribution is 6.14. The van der Waals surface area contributed by atoms with Crippen LogP contribution in [0.1, 0.15) is 41.5 Å². The first-order valence-corrected chi connectivity index (χ1v) is 8.25. The van der Waals surface area contributed by atoms with Gasteiger partial charge in [0, 0.05) is 12.1 Å². The summed E-state index contributed by atoms with van der Waals surface area (Å²) in [6.45, 7) is 9.99. The van der Waals surface area contributed by atoms with Crippen LogP contribution in [0.4, 0.5) is 15.4 Å². The molecule has 1 aromatic carbocycles. The highest BCUT2D eigenvalue weighted by Gasteiger charge is 2.36. The zero-order valence-corrected chi connectivity index (χ0v) is 16.4. The molecule has 2 amide bonds. The smallest absolute Gasteiger partial charge is 0.425 e. The van der Waals surface area contributed by atoms with Crippen molar-refractivity contribution in [2.24, 2.45) is 0 Å². The lowest BCUT2D eigenvalue weighted by molar-refractivity contribution is 0.0428. The Labute approximate surface area is 156 Å². The van der Waals surface area contributed by atoms with Crippen molar-refractivity contribution in [3.8, 4) is 11.5 Å². The van der Waals surface area contributed by atoms with Crippen LogP contribution in [0.2, 0.25) is 0 Å². The molecule has 2 aromatic rings. The van der Waals surface area contributed by atoms with Gasteiger partial charge in [0.25, 0.3) is 0 Å². The van der Waals surface area contributed by atoms with Gasteiger partial charge in [0.2, 0.25) is 5.82 Å². The molecule has 0 unspecified atom stereocenters. The average Bonchev–Trinajstić information content (AvgIpc) is 2.86. The standard InChI is InChI=1S/C18H24N2O7/c1-17(2,3)25-15(22)20(16(23)26-18(4,5)6)14-13-11(24-7)8-10(21)9-12(13)27-19-14/h8-9,21H,1-7H3. The Balaban J connectivity index is 2.61. The van der Waals surface area contributed by atoms with Gasteiger partial charge < -0.3 is 23.8 Å². The summed E-state index contributed by atoms with van der Waals surface area (Å²) in [5.74, 6) is -0.119. The molecule has 0 saturated heterocycles. The van der Waals surface area contributed by atoms with Crippen molar-refractivity contribution >= 4 is 29.0 Å². The molecule has 0 saturated carbocycles. The monoisotopic (exact) mass is 380 g/mol. The molecule has 0 spiro atoms. The summed E-state index contributed by atoms with van der Waals surface area (Å²) >= 11 is 0. The van der Waals surface area contributed by atoms with Crippen molar-refractivity contribution in [2.75, 3.05) is 12.0 Å². The topological polar surface area (TPSA) is 111 Å². The molecular weight excluding hydrogens is 356 g/mol. The lowest BCUT2D eigenvalue weighted by Gasteiger charge is -2.27. The van der Waals surface area contributed by atoms with Crippen LogP contribution in [0.5, 0.6) is 11.5 Å². The Morgan fingerprint density at radius 1 is 1.04 bits per heavy atom. The van der Waals surface area contributed by atoms with E-state index in [1.54, 1.807) is 41.5 Å². The van der Waals surface area contributed by atoms with E-state index in [4.69, 9.17) is 18.7 Å². The molecule has 0 atom stereocenters. The molecule has 0 aliphatic carbocycles. The summed E-state index contributed by atoms with van der Waals surface area (Å²) in [4.78, 5) is 26.1. The molecular formula is C18H24N2O7. The first-order valence-electron chi connectivity index (χ1n) is 8.25. The Hall–Kier alpha value is -2.97. The first-order chi connectivity index (χ1) is 12.3. The van der Waals surface area contributed by atoms with E-state index in [1.807, 2.05) is 0 Å². The van der Waals surface area contributed by atoms with Crippen LogP contribution in [0.3, 0.4) is 0 Å². The average molecular weight is 380 g/mol. The van der Waals surface area contributed by atoms with Crippen LogP contribution in [0, 0.1) is 0 Å². The summed E-state index contributed by atoms with van der Waals surface area (Å²) in [6, 6.07) is 2.60. The summed E-state index contributed by atoms with van der Waals surface area (Å²) in [7, 11) is 1.37. The zero-order valence-electron chi connectivity index (χ0n) is 16.4. The second-order valence-corrected chi connectivity index (χ2v) is 7.82. The number of fused-ring (bicyclic) bond motifs is 1. The number of hydrogen-bond donors (Lipinski definition) is 1. The lowest BCUT2D eigenvalue weighted by atomic mass is 10.2. The second kappa shape index (κ2) is 6.98. The lowest BCUT2D eigenvalue weighted by Crippen LogP contribution is -2.44. The van der Waals surface area contributed by atoms with Crippen molar-refractivity contribution in [2.45, 2.75) is 52.7 Å². The number of amides is 2. The van der Waals surface area contributed by atoms with E-state index in [0.29, 0.717) is 4.90 Å². The van der Waals surface area contributed by atoms with E-state index < -0.39 is 23.4 Å². The maximum absolute atomic E-state index is 12.7. The largest absolute Gasteiger partial charge is 0.508 e. The molecule has 0 aliphatic heterocycles. The van der Waals surface area contributed by atoms with Crippen molar-refractivity contribution in [3.05, 3.63) is 12.1 Å². The van der Waals surface area contributed by atoms with Crippen molar-refractivity contribution in [3.63, 3.8) is 0 Å². The Bertz CT molecular complexity index is 831. The van der Waals surface area contributed by atoms with Gasteiger partial charge in [-0.3, -0.25) is 0 Å². The zero-order chi connectivity index (χ0) is 20.6. The van der Waals surface area contributed by atoms with E-state index in [2.05, 4.69) is 5.16 Å². The molecule has 1 heterocycles. The molecule has 27 heavy (non-hydrogen) atoms. The minimum absolute atomic E-state index is 0.122. The van der Waals surface area contributed by atoms with Gasteiger partial charge in [0.1, 0.15) is 28.1 Å². The second-order valence-electron chi connectivity index (χ2n) is 7.82. The molecule has 148 valence electrons. The van der Waals surface area contributed by atoms with Crippen molar-refractivity contribution < 1.29 is 33.4 Å². The molecule has 1 N–H and O–H groups in total. The molecule has 0 fully saturated rings. The third-order valence-corrected chi connectivity index (χ3v) is 3.09. The highest BCUT2D eigenvalue weighted by Crippen LogP contribution is 2.38. The third-order valence-electron chi connectivity index (χ3n) is 3.09. The summed E-state index contributed by atoms with van der Waals surface area (Å²) < 4.78 is 21.0. The van der Waals surface area contributed by atoms with E-state index >= 15 is 0 Å². The van der Waals surface area contributed by atoms with Gasteiger partial charge in [-0.1, -0.05) is 5.16 Å². The number of ether oxygens (including phenoxy) is 3. The minimum atomic E-state index is -0.984. The maximum atomic E-state index is 12.7. The van der Waals surface area contributed by atoms with Gasteiger partial charge >= 0.3 is 12.2 Å². The van der Waals surface area contributed by atoms with Crippen LogP contribution >= 0.6 is 0 Å². The number of nitrogens with zero attached hydrogens (tertiary/aromatic N) is 2. The molecule has 1 aromatic heterocycles. The van der Waals surface area contributed by atoms with E-state index in [-0.39, 0.29) is 28.3 Å². The van der Waals surface area contributed by atoms with Crippen molar-refractivity contribution in [1.29, 1.82) is 0 Å². The number of aromatic nitrogens is 1. The fraction of sp³-hybridized carbons (Fsp3) is 0.500. The van der Waals surface area contributed by atoms with Gasteiger partial charge in [0.15, 0.2) is 5.58 Å². The fourth-order valence-electron chi connectivity index (χ4n) is 2.18. The summed E-state index contributed by atoms with van der Waals surface area (Å²) in [5.41, 5.74) is -1.60. The van der Waals surface area contributed by atoms with Gasteiger partial charge in [-0.2, -0.15) is 4.90 Å². The number of phenols is 1. The van der Waals surface area contributed by atoms with Gasteiger partial charge in [-0.15, -0.1) is 0 Å². The van der Waals surface area contributed by atoms with Gasteiger partial charge in [-0.25, -0.2) is 9.59 Å². The van der Waals surface area contributed by atoms with Crippen LogP contribution in [-0.4, -0.2) is 40.8 Å². The number of imide groups is 1. The molecule has 0 bridgehead atoms. The predicted octanol–water partition coefficient (Wildman–Crippen LogP) is 4.22. The van der Waals surface area contributed by atoms with E-state index in [0.717, 1.165) is 0 Å². The number of methoxy groups -OCH3 is 1. The molecule has 9 nitrogen and oxygen atoms in total. The third kappa shape index (κ3) is 4.81. The quantitative estimate of drug-likeness (QED) is 0.824. The number of hydrogen-bond acceptors (Lipinski definition) is 8. The number of rotatable bonds is 2. The Kier molecular flexibility index (Phi) is 5.26. The summed E-state index contributed by atoms with van der Waals surface area (Å²) in [6.07, 6.45) is -1.97. The molecule has 9 heteroatoms. The minimum Gasteiger partial charge on any atom is -0.508 e. The predicted molar refractivity (Wildman–Crippen MR) is 97.2 cm³/mol. The number of aromatic hydroxyl groups is 1. The van der Waals surface area contributed by atoms with Gasteiger partial charge in [-0.05, 0) is 41.5 Å². The molecule has 0 aliphatic rings. The first kappa shape index (κ1) is 20.3. The SMILES string of the molecule is COc1cc(O)cc2onc(N(C(=O)OC(C)(C)C)C(=O)OC(C)(C)C)c12. The van der Waals surface area contributed by atoms with Crippen LogP contribution in [0.25, 0.3) is 11.0 Å². The number of anilines is 1. The van der Waals surface area contributed by atoms with E-state index in [1.165, 1.54) is 19.2 Å². The molecule has 0 radical (unpaired) electrons. The Morgan fingerprint density at radius 2 is 1.56 bits per heavy atom. The normalized spacial score (nSPS) is 12.0. The maximum Gasteiger partial charge on any atom is 0.425 e. The van der Waals surface area contributed by atoms with Crippen LogP contribution < -0.4 is 9.64 Å². The number of benzene rings is 1. The van der Waals surface area contributed by atoms with Crippen LogP contribution in [-0.2, 0) is 9.47 Å².